The minimum absolute atomic E-state index is 0.0114. The molecule has 5 rings (SSSR count). The Morgan fingerprint density at radius 2 is 2.09 bits per heavy atom. The second kappa shape index (κ2) is 9.53. The SMILES string of the molecule is Cc1c(-c2cc3cc(NC(=O)OCC4CCN(C)CC4)ncc3c(N)c2F)cnc2c1NCCO2. The summed E-state index contributed by atoms with van der Waals surface area (Å²) in [5, 5.41) is 7.04. The van der Waals surface area contributed by atoms with Crippen molar-refractivity contribution in [2.75, 3.05) is 56.3 Å². The number of aromatic nitrogens is 2. The van der Waals surface area contributed by atoms with E-state index >= 15 is 4.39 Å². The predicted molar refractivity (Wildman–Crippen MR) is 133 cm³/mol. The number of anilines is 3. The van der Waals surface area contributed by atoms with Crippen LogP contribution in [0.5, 0.6) is 5.88 Å². The number of hydrogen-bond donors (Lipinski definition) is 3. The van der Waals surface area contributed by atoms with E-state index in [9.17, 15) is 4.79 Å². The first-order valence-corrected chi connectivity index (χ1v) is 11.8. The highest BCUT2D eigenvalue weighted by atomic mass is 19.1. The lowest BCUT2D eigenvalue weighted by Crippen LogP contribution is -2.32. The first-order valence-electron chi connectivity index (χ1n) is 11.8. The molecule has 4 N–H and O–H groups in total. The van der Waals surface area contributed by atoms with Crippen molar-refractivity contribution >= 4 is 34.1 Å². The van der Waals surface area contributed by atoms with Crippen molar-refractivity contribution < 1.29 is 18.7 Å². The van der Waals surface area contributed by atoms with E-state index in [1.54, 1.807) is 18.3 Å². The maximum Gasteiger partial charge on any atom is 0.412 e. The number of likely N-dealkylation sites (tertiary alicyclic amines) is 1. The van der Waals surface area contributed by atoms with Crippen LogP contribution < -0.4 is 21.1 Å². The van der Waals surface area contributed by atoms with E-state index in [1.165, 1.54) is 6.20 Å². The summed E-state index contributed by atoms with van der Waals surface area (Å²) in [6.07, 6.45) is 4.49. The van der Waals surface area contributed by atoms with E-state index < -0.39 is 11.9 Å². The first-order chi connectivity index (χ1) is 16.9. The molecule has 1 aromatic carbocycles. The zero-order chi connectivity index (χ0) is 24.5. The first kappa shape index (κ1) is 23.1. The summed E-state index contributed by atoms with van der Waals surface area (Å²) in [5.41, 5.74) is 8.62. The highest BCUT2D eigenvalue weighted by molar-refractivity contribution is 5.99. The molecule has 4 heterocycles. The highest BCUT2D eigenvalue weighted by Crippen LogP contribution is 2.39. The lowest BCUT2D eigenvalue weighted by atomic mass is 9.97. The average molecular weight is 481 g/mol. The quantitative estimate of drug-likeness (QED) is 0.480. The number of nitrogen functional groups attached to an aromatic ring is 1. The van der Waals surface area contributed by atoms with Crippen molar-refractivity contribution in [1.82, 2.24) is 14.9 Å². The number of amides is 1. The molecule has 2 aliphatic heterocycles. The lowest BCUT2D eigenvalue weighted by Gasteiger charge is -2.28. The third kappa shape index (κ3) is 4.66. The minimum atomic E-state index is -0.563. The van der Waals surface area contributed by atoms with Crippen molar-refractivity contribution in [3.63, 3.8) is 0 Å². The van der Waals surface area contributed by atoms with Crippen LogP contribution in [0.2, 0.25) is 0 Å². The summed E-state index contributed by atoms with van der Waals surface area (Å²) in [6.45, 7) is 5.44. The summed E-state index contributed by atoms with van der Waals surface area (Å²) in [7, 11) is 2.09. The molecule has 9 nitrogen and oxygen atoms in total. The fourth-order valence-corrected chi connectivity index (χ4v) is 4.62. The number of rotatable bonds is 4. The minimum Gasteiger partial charge on any atom is -0.474 e. The number of ether oxygens (including phenoxy) is 2. The molecular formula is C25H29FN6O3. The maximum absolute atomic E-state index is 15.3. The van der Waals surface area contributed by atoms with Crippen molar-refractivity contribution in [2.24, 2.45) is 5.92 Å². The fraction of sp³-hybridized carbons (Fsp3) is 0.400. The molecular weight excluding hydrogens is 451 g/mol. The van der Waals surface area contributed by atoms with Gasteiger partial charge >= 0.3 is 6.09 Å². The van der Waals surface area contributed by atoms with Crippen LogP contribution >= 0.6 is 0 Å². The van der Waals surface area contributed by atoms with Gasteiger partial charge in [0.1, 0.15) is 18.1 Å². The average Bonchev–Trinajstić information content (AvgIpc) is 2.86. The molecule has 0 spiro atoms. The molecule has 2 aromatic heterocycles. The number of nitrogens with two attached hydrogens (primary N) is 1. The van der Waals surface area contributed by atoms with Gasteiger partial charge in [-0.05, 0) is 68.9 Å². The van der Waals surface area contributed by atoms with Crippen LogP contribution in [0.3, 0.4) is 0 Å². The molecule has 0 unspecified atom stereocenters. The molecule has 1 saturated heterocycles. The van der Waals surface area contributed by atoms with Crippen molar-refractivity contribution in [1.29, 1.82) is 0 Å². The number of piperidine rings is 1. The van der Waals surface area contributed by atoms with Crippen LogP contribution in [0, 0.1) is 18.7 Å². The molecule has 1 amide bonds. The summed E-state index contributed by atoms with van der Waals surface area (Å²) in [4.78, 5) is 23.2. The van der Waals surface area contributed by atoms with Gasteiger partial charge in [0, 0.05) is 35.5 Å². The molecule has 3 aromatic rings. The largest absolute Gasteiger partial charge is 0.474 e. The van der Waals surface area contributed by atoms with Gasteiger partial charge < -0.3 is 25.4 Å². The molecule has 184 valence electrons. The molecule has 10 heteroatoms. The van der Waals surface area contributed by atoms with Crippen LogP contribution in [-0.2, 0) is 4.74 Å². The Labute approximate surface area is 202 Å². The normalized spacial score (nSPS) is 16.3. The number of carbonyl (C=O) groups excluding carboxylic acids is 1. The summed E-state index contributed by atoms with van der Waals surface area (Å²) in [6, 6.07) is 3.35. The van der Waals surface area contributed by atoms with E-state index in [4.69, 9.17) is 15.2 Å². The Morgan fingerprint density at radius 3 is 2.89 bits per heavy atom. The number of nitrogens with one attached hydrogen (secondary N) is 2. The number of hydrogen-bond acceptors (Lipinski definition) is 8. The Morgan fingerprint density at radius 1 is 1.29 bits per heavy atom. The van der Waals surface area contributed by atoms with Gasteiger partial charge in [0.15, 0.2) is 5.82 Å². The lowest BCUT2D eigenvalue weighted by molar-refractivity contribution is 0.113. The van der Waals surface area contributed by atoms with Crippen LogP contribution in [0.25, 0.3) is 21.9 Å². The van der Waals surface area contributed by atoms with E-state index in [2.05, 4.69) is 32.5 Å². The van der Waals surface area contributed by atoms with E-state index in [0.717, 1.165) is 37.2 Å². The molecule has 2 aliphatic rings. The Balaban J connectivity index is 1.38. The van der Waals surface area contributed by atoms with E-state index in [-0.39, 0.29) is 5.69 Å². The van der Waals surface area contributed by atoms with Gasteiger partial charge in [-0.15, -0.1) is 0 Å². The monoisotopic (exact) mass is 480 g/mol. The van der Waals surface area contributed by atoms with Gasteiger partial charge in [-0.1, -0.05) is 0 Å². The molecule has 35 heavy (non-hydrogen) atoms. The van der Waals surface area contributed by atoms with Crippen LogP contribution in [0.1, 0.15) is 18.4 Å². The van der Waals surface area contributed by atoms with Crippen LogP contribution in [-0.4, -0.2) is 60.9 Å². The fourth-order valence-electron chi connectivity index (χ4n) is 4.62. The Kier molecular flexibility index (Phi) is 6.29. The maximum atomic E-state index is 15.3. The van der Waals surface area contributed by atoms with Gasteiger partial charge in [-0.2, -0.15) is 0 Å². The predicted octanol–water partition coefficient (Wildman–Crippen LogP) is 4.02. The number of benzene rings is 1. The van der Waals surface area contributed by atoms with Crippen molar-refractivity contribution in [3.8, 4) is 17.0 Å². The van der Waals surface area contributed by atoms with Crippen molar-refractivity contribution in [2.45, 2.75) is 19.8 Å². The van der Waals surface area contributed by atoms with Gasteiger partial charge in [0.2, 0.25) is 5.88 Å². The second-order valence-corrected chi connectivity index (χ2v) is 9.16. The van der Waals surface area contributed by atoms with Crippen LogP contribution in [0.4, 0.5) is 26.4 Å². The Bertz CT molecular complexity index is 1280. The van der Waals surface area contributed by atoms with E-state index in [1.807, 2.05) is 6.92 Å². The van der Waals surface area contributed by atoms with Gasteiger partial charge in [0.25, 0.3) is 0 Å². The molecule has 1 fully saturated rings. The third-order valence-electron chi connectivity index (χ3n) is 6.75. The Hall–Kier alpha value is -3.66. The van der Waals surface area contributed by atoms with Gasteiger partial charge in [0.05, 0.1) is 12.3 Å². The number of pyridine rings is 2. The topological polar surface area (TPSA) is 115 Å². The van der Waals surface area contributed by atoms with Crippen molar-refractivity contribution in [3.05, 3.63) is 35.9 Å². The molecule has 0 aliphatic carbocycles. The van der Waals surface area contributed by atoms with Gasteiger partial charge in [-0.25, -0.2) is 19.2 Å². The summed E-state index contributed by atoms with van der Waals surface area (Å²) in [5.74, 6) is 0.624. The smallest absolute Gasteiger partial charge is 0.412 e. The summed E-state index contributed by atoms with van der Waals surface area (Å²) >= 11 is 0. The number of fused-ring (bicyclic) bond motifs is 2. The van der Waals surface area contributed by atoms with Crippen LogP contribution in [0.15, 0.2) is 24.5 Å². The molecule has 0 radical (unpaired) electrons. The van der Waals surface area contributed by atoms with E-state index in [0.29, 0.717) is 59.3 Å². The van der Waals surface area contributed by atoms with Gasteiger partial charge in [-0.3, -0.25) is 5.32 Å². The molecule has 0 atom stereocenters. The number of nitrogens with zero attached hydrogens (tertiary/aromatic N) is 3. The molecule has 0 saturated carbocycles. The number of halogens is 1. The highest BCUT2D eigenvalue weighted by Gasteiger charge is 2.22. The third-order valence-corrected chi connectivity index (χ3v) is 6.75. The summed E-state index contributed by atoms with van der Waals surface area (Å²) < 4.78 is 26.3. The molecule has 0 bridgehead atoms. The standard InChI is InChI=1S/C25H29FN6O3/c1-14-18(11-30-24-23(14)28-5-8-34-24)17-9-16-10-20(29-12-19(16)22(27)21(17)26)31-25(33)35-13-15-3-6-32(2)7-4-15/h9-12,15,28H,3-8,13,27H2,1-2H3,(H,29,31,33). The number of carbonyl (C=O) groups is 1. The zero-order valence-electron chi connectivity index (χ0n) is 19.9. The second-order valence-electron chi connectivity index (χ2n) is 9.16. The zero-order valence-corrected chi connectivity index (χ0v) is 19.9.